The highest BCUT2D eigenvalue weighted by atomic mass is 35.5. The molecule has 0 aliphatic carbocycles. The van der Waals surface area contributed by atoms with Gasteiger partial charge in [0.1, 0.15) is 5.75 Å². The van der Waals surface area contributed by atoms with Gasteiger partial charge in [-0.25, -0.2) is 0 Å². The summed E-state index contributed by atoms with van der Waals surface area (Å²) in [7, 11) is 1.57. The monoisotopic (exact) mass is 434 g/mol. The molecular formula is C19H16Cl2N4O4. The third kappa shape index (κ3) is 5.24. The summed E-state index contributed by atoms with van der Waals surface area (Å²) in [4.78, 5) is 28.2. The molecule has 0 aliphatic heterocycles. The number of aromatic nitrogens is 2. The SMILES string of the molecule is COc1ccc(-c2noc(C(=O)NCCNC(=O)c3ccc(Cl)c(Cl)c3)n2)cc1. The van der Waals surface area contributed by atoms with E-state index in [-0.39, 0.29) is 35.7 Å². The van der Waals surface area contributed by atoms with E-state index in [0.717, 1.165) is 0 Å². The maximum atomic E-state index is 12.1. The van der Waals surface area contributed by atoms with Gasteiger partial charge in [-0.1, -0.05) is 28.4 Å². The lowest BCUT2D eigenvalue weighted by atomic mass is 10.2. The summed E-state index contributed by atoms with van der Waals surface area (Å²) in [6.45, 7) is 0.371. The summed E-state index contributed by atoms with van der Waals surface area (Å²) < 4.78 is 10.1. The number of amides is 2. The Morgan fingerprint density at radius 1 is 1.00 bits per heavy atom. The van der Waals surface area contributed by atoms with Crippen molar-refractivity contribution >= 4 is 35.0 Å². The second kappa shape index (κ2) is 9.40. The quantitative estimate of drug-likeness (QED) is 0.552. The van der Waals surface area contributed by atoms with E-state index in [9.17, 15) is 9.59 Å². The number of hydrogen-bond donors (Lipinski definition) is 2. The van der Waals surface area contributed by atoms with E-state index in [0.29, 0.717) is 21.9 Å². The second-order valence-corrected chi connectivity index (χ2v) is 6.61. The van der Waals surface area contributed by atoms with Crippen molar-refractivity contribution in [1.29, 1.82) is 0 Å². The number of ether oxygens (including phenoxy) is 1. The van der Waals surface area contributed by atoms with Gasteiger partial charge in [0.25, 0.3) is 5.91 Å². The van der Waals surface area contributed by atoms with Crippen LogP contribution in [-0.2, 0) is 0 Å². The summed E-state index contributed by atoms with van der Waals surface area (Å²) in [5.41, 5.74) is 1.05. The van der Waals surface area contributed by atoms with Gasteiger partial charge in [-0.3, -0.25) is 9.59 Å². The first-order valence-corrected chi connectivity index (χ1v) is 9.23. The summed E-state index contributed by atoms with van der Waals surface area (Å²) in [6.07, 6.45) is 0. The molecule has 3 aromatic rings. The molecule has 2 aromatic carbocycles. The lowest BCUT2D eigenvalue weighted by Gasteiger charge is -2.06. The third-order valence-corrected chi connectivity index (χ3v) is 4.59. The first-order valence-electron chi connectivity index (χ1n) is 8.47. The molecule has 3 rings (SSSR count). The van der Waals surface area contributed by atoms with Crippen molar-refractivity contribution in [1.82, 2.24) is 20.8 Å². The van der Waals surface area contributed by atoms with Crippen LogP contribution in [0.3, 0.4) is 0 Å². The third-order valence-electron chi connectivity index (χ3n) is 3.85. The van der Waals surface area contributed by atoms with E-state index in [1.54, 1.807) is 37.4 Å². The molecule has 29 heavy (non-hydrogen) atoms. The zero-order valence-corrected chi connectivity index (χ0v) is 16.8. The van der Waals surface area contributed by atoms with E-state index in [1.807, 2.05) is 0 Å². The molecule has 8 nitrogen and oxygen atoms in total. The number of carbonyl (C=O) groups is 2. The number of methoxy groups -OCH3 is 1. The molecule has 0 saturated carbocycles. The molecule has 0 aliphatic rings. The van der Waals surface area contributed by atoms with Crippen molar-refractivity contribution in [3.05, 3.63) is 64.0 Å². The number of hydrogen-bond acceptors (Lipinski definition) is 6. The highest BCUT2D eigenvalue weighted by molar-refractivity contribution is 6.42. The van der Waals surface area contributed by atoms with Crippen LogP contribution in [0.4, 0.5) is 0 Å². The second-order valence-electron chi connectivity index (χ2n) is 5.79. The molecule has 1 aromatic heterocycles. The van der Waals surface area contributed by atoms with E-state index in [2.05, 4.69) is 20.8 Å². The van der Waals surface area contributed by atoms with Crippen molar-refractivity contribution in [2.24, 2.45) is 0 Å². The Labute approximate surface area is 176 Å². The van der Waals surface area contributed by atoms with Gasteiger partial charge < -0.3 is 19.9 Å². The predicted octanol–water partition coefficient (Wildman–Crippen LogP) is 3.21. The largest absolute Gasteiger partial charge is 0.497 e. The molecule has 2 N–H and O–H groups in total. The lowest BCUT2D eigenvalue weighted by Crippen LogP contribution is -2.34. The van der Waals surface area contributed by atoms with Gasteiger partial charge >= 0.3 is 11.8 Å². The maximum Gasteiger partial charge on any atom is 0.316 e. The van der Waals surface area contributed by atoms with Crippen LogP contribution in [0.15, 0.2) is 47.0 Å². The Bertz CT molecular complexity index is 1020. The Morgan fingerprint density at radius 2 is 1.69 bits per heavy atom. The van der Waals surface area contributed by atoms with Crippen LogP contribution in [0.2, 0.25) is 10.0 Å². The Hall–Kier alpha value is -3.10. The Morgan fingerprint density at radius 3 is 2.34 bits per heavy atom. The highest BCUT2D eigenvalue weighted by Gasteiger charge is 2.16. The smallest absolute Gasteiger partial charge is 0.316 e. The van der Waals surface area contributed by atoms with Crippen LogP contribution in [0, 0.1) is 0 Å². The topological polar surface area (TPSA) is 106 Å². The fourth-order valence-electron chi connectivity index (χ4n) is 2.34. The molecule has 0 spiro atoms. The predicted molar refractivity (Wildman–Crippen MR) is 107 cm³/mol. The van der Waals surface area contributed by atoms with E-state index < -0.39 is 5.91 Å². The fourth-order valence-corrected chi connectivity index (χ4v) is 2.64. The average Bonchev–Trinajstić information content (AvgIpc) is 3.23. The Kier molecular flexibility index (Phi) is 6.69. The zero-order valence-electron chi connectivity index (χ0n) is 15.2. The summed E-state index contributed by atoms with van der Waals surface area (Å²) >= 11 is 11.7. The minimum absolute atomic E-state index is 0.173. The van der Waals surface area contributed by atoms with Crippen LogP contribution in [-0.4, -0.2) is 42.2 Å². The number of rotatable bonds is 7. The molecule has 150 valence electrons. The van der Waals surface area contributed by atoms with Crippen LogP contribution in [0.5, 0.6) is 5.75 Å². The lowest BCUT2D eigenvalue weighted by molar-refractivity contribution is 0.0898. The minimum Gasteiger partial charge on any atom is -0.497 e. The van der Waals surface area contributed by atoms with Gasteiger partial charge in [-0.05, 0) is 42.5 Å². The van der Waals surface area contributed by atoms with E-state index in [4.69, 9.17) is 32.5 Å². The number of benzene rings is 2. The van der Waals surface area contributed by atoms with Gasteiger partial charge in [0.2, 0.25) is 5.82 Å². The molecule has 2 amide bonds. The normalized spacial score (nSPS) is 10.4. The number of carbonyl (C=O) groups excluding carboxylic acids is 2. The number of nitrogens with one attached hydrogen (secondary N) is 2. The highest BCUT2D eigenvalue weighted by Crippen LogP contribution is 2.22. The summed E-state index contributed by atoms with van der Waals surface area (Å²) in [6, 6.07) is 11.6. The summed E-state index contributed by atoms with van der Waals surface area (Å²) in [5, 5.41) is 9.70. The average molecular weight is 435 g/mol. The van der Waals surface area contributed by atoms with Gasteiger partial charge in [0.05, 0.1) is 17.2 Å². The molecular weight excluding hydrogens is 419 g/mol. The zero-order chi connectivity index (χ0) is 20.8. The molecule has 0 saturated heterocycles. The Balaban J connectivity index is 1.49. The van der Waals surface area contributed by atoms with Crippen molar-refractivity contribution in [2.45, 2.75) is 0 Å². The maximum absolute atomic E-state index is 12.1. The first-order chi connectivity index (χ1) is 14.0. The van der Waals surface area contributed by atoms with Crippen LogP contribution < -0.4 is 15.4 Å². The fraction of sp³-hybridized carbons (Fsp3) is 0.158. The molecule has 10 heteroatoms. The van der Waals surface area contributed by atoms with Gasteiger partial charge in [-0.15, -0.1) is 0 Å². The standard InChI is InChI=1S/C19H16Cl2N4O4/c1-28-13-5-2-11(3-6-13)16-24-19(29-25-16)18(27)23-9-8-22-17(26)12-4-7-14(20)15(21)10-12/h2-7,10H,8-9H2,1H3,(H,22,26)(H,23,27). The van der Waals surface area contributed by atoms with Crippen LogP contribution in [0.1, 0.15) is 21.0 Å². The first kappa shape index (κ1) is 20.6. The van der Waals surface area contributed by atoms with E-state index in [1.165, 1.54) is 12.1 Å². The van der Waals surface area contributed by atoms with Gasteiger partial charge in [-0.2, -0.15) is 4.98 Å². The molecule has 0 bridgehead atoms. The molecule has 1 heterocycles. The molecule has 0 atom stereocenters. The molecule has 0 radical (unpaired) electrons. The van der Waals surface area contributed by atoms with Gasteiger partial charge in [0.15, 0.2) is 0 Å². The van der Waals surface area contributed by atoms with E-state index >= 15 is 0 Å². The summed E-state index contributed by atoms with van der Waals surface area (Å²) in [5.74, 6) is -0.0751. The van der Waals surface area contributed by atoms with Crippen molar-refractivity contribution in [3.63, 3.8) is 0 Å². The van der Waals surface area contributed by atoms with Gasteiger partial charge in [0, 0.05) is 24.2 Å². The van der Waals surface area contributed by atoms with Crippen molar-refractivity contribution in [3.8, 4) is 17.1 Å². The number of halogens is 2. The van der Waals surface area contributed by atoms with Crippen molar-refractivity contribution < 1.29 is 18.8 Å². The number of nitrogens with zero attached hydrogens (tertiary/aromatic N) is 2. The van der Waals surface area contributed by atoms with Crippen molar-refractivity contribution in [2.75, 3.05) is 20.2 Å². The molecule has 0 unspecified atom stereocenters. The van der Waals surface area contributed by atoms with Crippen LogP contribution in [0.25, 0.3) is 11.4 Å². The molecule has 0 fully saturated rings. The minimum atomic E-state index is -0.541. The van der Waals surface area contributed by atoms with Crippen LogP contribution >= 0.6 is 23.2 Å².